The number of rotatable bonds is 3. The van der Waals surface area contributed by atoms with Gasteiger partial charge in [0.1, 0.15) is 5.52 Å². The number of aromatic nitrogens is 4. The number of pyridine rings is 2. The Labute approximate surface area is 147 Å². The Kier molecular flexibility index (Phi) is 4.15. The van der Waals surface area contributed by atoms with Crippen molar-refractivity contribution in [3.05, 3.63) is 40.7 Å². The summed E-state index contributed by atoms with van der Waals surface area (Å²) in [6.07, 6.45) is 3.67. The summed E-state index contributed by atoms with van der Waals surface area (Å²) in [5.41, 5.74) is 2.99. The normalized spacial score (nSPS) is 16.0. The van der Waals surface area contributed by atoms with Crippen LogP contribution in [0.4, 0.5) is 5.69 Å². The molecule has 1 aliphatic rings. The molecule has 0 N–H and O–H groups in total. The lowest BCUT2D eigenvalue weighted by Crippen LogP contribution is -2.46. The molecule has 0 unspecified atom stereocenters. The van der Waals surface area contributed by atoms with Crippen molar-refractivity contribution in [3.8, 4) is 0 Å². The van der Waals surface area contributed by atoms with Crippen LogP contribution in [0, 0.1) is 6.92 Å². The summed E-state index contributed by atoms with van der Waals surface area (Å²) in [7, 11) is 0. The van der Waals surface area contributed by atoms with Gasteiger partial charge in [0.25, 0.3) is 0 Å². The van der Waals surface area contributed by atoms with Crippen LogP contribution in [0.5, 0.6) is 0 Å². The van der Waals surface area contributed by atoms with Crippen molar-refractivity contribution in [2.45, 2.75) is 13.5 Å². The maximum absolute atomic E-state index is 5.21. The van der Waals surface area contributed by atoms with E-state index < -0.39 is 0 Å². The van der Waals surface area contributed by atoms with Gasteiger partial charge >= 0.3 is 0 Å². The molecule has 1 fully saturated rings. The zero-order chi connectivity index (χ0) is 16.5. The van der Waals surface area contributed by atoms with Crippen LogP contribution in [0.3, 0.4) is 0 Å². The van der Waals surface area contributed by atoms with E-state index in [1.807, 2.05) is 31.5 Å². The van der Waals surface area contributed by atoms with Crippen molar-refractivity contribution < 1.29 is 4.52 Å². The maximum Gasteiger partial charge on any atom is 0.240 e. The highest BCUT2D eigenvalue weighted by atomic mass is 79.9. The Morgan fingerprint density at radius 1 is 1.21 bits per heavy atom. The summed E-state index contributed by atoms with van der Waals surface area (Å²) in [6.45, 7) is 6.30. The van der Waals surface area contributed by atoms with Crippen molar-refractivity contribution in [2.24, 2.45) is 0 Å². The zero-order valence-electron chi connectivity index (χ0n) is 13.3. The molecule has 0 spiro atoms. The third kappa shape index (κ3) is 3.11. The van der Waals surface area contributed by atoms with Crippen LogP contribution in [0.2, 0.25) is 0 Å². The number of nitrogens with zero attached hydrogens (tertiary/aromatic N) is 6. The number of fused-ring (bicyclic) bond motifs is 1. The van der Waals surface area contributed by atoms with Gasteiger partial charge in [0, 0.05) is 43.0 Å². The number of halogens is 1. The molecule has 0 bridgehead atoms. The quantitative estimate of drug-likeness (QED) is 0.681. The summed E-state index contributed by atoms with van der Waals surface area (Å²) >= 11 is 3.45. The maximum atomic E-state index is 5.21. The molecule has 24 heavy (non-hydrogen) atoms. The number of anilines is 1. The Morgan fingerprint density at radius 2 is 2.04 bits per heavy atom. The van der Waals surface area contributed by atoms with Gasteiger partial charge in [-0.3, -0.25) is 14.9 Å². The van der Waals surface area contributed by atoms with E-state index in [0.717, 1.165) is 47.4 Å². The molecule has 0 radical (unpaired) electrons. The van der Waals surface area contributed by atoms with Crippen LogP contribution in [-0.2, 0) is 6.54 Å². The minimum atomic E-state index is 0.682. The average molecular weight is 389 g/mol. The molecule has 7 nitrogen and oxygen atoms in total. The van der Waals surface area contributed by atoms with Gasteiger partial charge in [0.15, 0.2) is 5.82 Å². The molecule has 0 amide bonds. The molecule has 3 aromatic rings. The largest absolute Gasteiger partial charge is 0.367 e. The Morgan fingerprint density at radius 3 is 2.79 bits per heavy atom. The van der Waals surface area contributed by atoms with Crippen LogP contribution in [0.25, 0.3) is 11.0 Å². The summed E-state index contributed by atoms with van der Waals surface area (Å²) in [5.74, 6) is 1.37. The smallest absolute Gasteiger partial charge is 0.240 e. The van der Waals surface area contributed by atoms with Gasteiger partial charge in [-0.15, -0.1) is 0 Å². The number of piperazine rings is 1. The number of hydrogen-bond acceptors (Lipinski definition) is 7. The molecule has 0 saturated carbocycles. The second-order valence-electron chi connectivity index (χ2n) is 5.85. The molecule has 0 aliphatic carbocycles. The molecule has 1 saturated heterocycles. The fraction of sp³-hybridized carbons (Fsp3) is 0.375. The first-order valence-corrected chi connectivity index (χ1v) is 8.65. The number of aryl methyl sites for hydroxylation is 1. The molecule has 0 aromatic carbocycles. The van der Waals surface area contributed by atoms with E-state index in [1.54, 1.807) is 0 Å². The minimum absolute atomic E-state index is 0.682. The molecule has 0 atom stereocenters. The molecular weight excluding hydrogens is 372 g/mol. The zero-order valence-corrected chi connectivity index (χ0v) is 14.9. The van der Waals surface area contributed by atoms with Crippen molar-refractivity contribution in [1.29, 1.82) is 0 Å². The lowest BCUT2D eigenvalue weighted by atomic mass is 10.2. The fourth-order valence-electron chi connectivity index (χ4n) is 2.99. The molecule has 4 rings (SSSR count). The average Bonchev–Trinajstić information content (AvgIpc) is 3.00. The van der Waals surface area contributed by atoms with Crippen LogP contribution >= 0.6 is 15.9 Å². The topological polar surface area (TPSA) is 71.2 Å². The first kappa shape index (κ1) is 15.5. The van der Waals surface area contributed by atoms with Crippen molar-refractivity contribution in [1.82, 2.24) is 25.0 Å². The second kappa shape index (κ2) is 6.45. The van der Waals surface area contributed by atoms with Gasteiger partial charge in [0.2, 0.25) is 5.89 Å². The van der Waals surface area contributed by atoms with E-state index in [9.17, 15) is 0 Å². The van der Waals surface area contributed by atoms with E-state index in [1.165, 1.54) is 0 Å². The SMILES string of the molecule is Cc1noc(CN2CCN(c3ccnc4cc(Br)cnc34)CC2)n1. The molecular formula is C16H17BrN6O. The monoisotopic (exact) mass is 388 g/mol. The van der Waals surface area contributed by atoms with Gasteiger partial charge in [-0.05, 0) is 35.0 Å². The Hall–Kier alpha value is -2.06. The third-order valence-corrected chi connectivity index (χ3v) is 4.60. The van der Waals surface area contributed by atoms with E-state index in [0.29, 0.717) is 18.3 Å². The first-order chi connectivity index (χ1) is 11.7. The van der Waals surface area contributed by atoms with Gasteiger partial charge < -0.3 is 9.42 Å². The predicted molar refractivity (Wildman–Crippen MR) is 93.8 cm³/mol. The van der Waals surface area contributed by atoms with Crippen LogP contribution in [0.1, 0.15) is 11.7 Å². The lowest BCUT2D eigenvalue weighted by molar-refractivity contribution is 0.215. The van der Waals surface area contributed by atoms with E-state index in [-0.39, 0.29) is 0 Å². The molecule has 3 aromatic heterocycles. The summed E-state index contributed by atoms with van der Waals surface area (Å²) in [5, 5.41) is 3.84. The summed E-state index contributed by atoms with van der Waals surface area (Å²) < 4.78 is 6.15. The van der Waals surface area contributed by atoms with E-state index in [4.69, 9.17) is 4.52 Å². The van der Waals surface area contributed by atoms with Gasteiger partial charge in [-0.25, -0.2) is 0 Å². The fourth-order valence-corrected chi connectivity index (χ4v) is 3.31. The highest BCUT2D eigenvalue weighted by Gasteiger charge is 2.21. The Bertz CT molecular complexity index is 859. The molecule has 8 heteroatoms. The van der Waals surface area contributed by atoms with Crippen molar-refractivity contribution in [2.75, 3.05) is 31.1 Å². The van der Waals surface area contributed by atoms with Gasteiger partial charge in [-0.2, -0.15) is 4.98 Å². The second-order valence-corrected chi connectivity index (χ2v) is 6.77. The number of hydrogen-bond donors (Lipinski definition) is 0. The van der Waals surface area contributed by atoms with Crippen LogP contribution in [0.15, 0.2) is 33.5 Å². The van der Waals surface area contributed by atoms with Gasteiger partial charge in [0.05, 0.1) is 17.7 Å². The van der Waals surface area contributed by atoms with Crippen LogP contribution in [-0.4, -0.2) is 51.2 Å². The third-order valence-electron chi connectivity index (χ3n) is 4.16. The molecule has 124 valence electrons. The van der Waals surface area contributed by atoms with Crippen LogP contribution < -0.4 is 4.90 Å². The standard InChI is InChI=1S/C16H17BrN6O/c1-11-20-15(24-21-11)10-22-4-6-23(7-5-22)14-2-3-18-13-8-12(17)9-19-16(13)14/h2-3,8-9H,4-7,10H2,1H3. The van der Waals surface area contributed by atoms with E-state index >= 15 is 0 Å². The minimum Gasteiger partial charge on any atom is -0.367 e. The highest BCUT2D eigenvalue weighted by Crippen LogP contribution is 2.26. The lowest BCUT2D eigenvalue weighted by Gasteiger charge is -2.35. The summed E-state index contributed by atoms with van der Waals surface area (Å²) in [6, 6.07) is 4.04. The Balaban J connectivity index is 1.48. The van der Waals surface area contributed by atoms with E-state index in [2.05, 4.69) is 45.8 Å². The van der Waals surface area contributed by atoms with Gasteiger partial charge in [-0.1, -0.05) is 5.16 Å². The first-order valence-electron chi connectivity index (χ1n) is 7.86. The van der Waals surface area contributed by atoms with Crippen molar-refractivity contribution >= 4 is 32.7 Å². The predicted octanol–water partition coefficient (Wildman–Crippen LogP) is 2.41. The molecule has 1 aliphatic heterocycles. The summed E-state index contributed by atoms with van der Waals surface area (Å²) in [4.78, 5) is 17.9. The van der Waals surface area contributed by atoms with Crippen molar-refractivity contribution in [3.63, 3.8) is 0 Å². The molecule has 4 heterocycles. The highest BCUT2D eigenvalue weighted by molar-refractivity contribution is 9.10.